The van der Waals surface area contributed by atoms with Gasteiger partial charge in [-0.2, -0.15) is 5.10 Å². The van der Waals surface area contributed by atoms with Gasteiger partial charge in [0.15, 0.2) is 0 Å². The third-order valence-electron chi connectivity index (χ3n) is 2.18. The molecule has 14 heavy (non-hydrogen) atoms. The molecule has 2 aromatic rings. The average molecular weight is 208 g/mol. The van der Waals surface area contributed by atoms with Crippen LogP contribution in [0.5, 0.6) is 0 Å². The van der Waals surface area contributed by atoms with Crippen LogP contribution < -0.4 is 5.56 Å². The van der Waals surface area contributed by atoms with E-state index in [1.54, 1.807) is 24.6 Å². The predicted octanol–water partition coefficient (Wildman–Crippen LogP) is 1.95. The van der Waals surface area contributed by atoms with Crippen LogP contribution in [0, 0.1) is 0 Å². The predicted molar refractivity (Wildman–Crippen MR) is 58.9 cm³/mol. The first-order valence-corrected chi connectivity index (χ1v) is 5.48. The lowest BCUT2D eigenvalue weighted by atomic mass is 10.2. The molecule has 3 nitrogen and oxygen atoms in total. The van der Waals surface area contributed by atoms with Gasteiger partial charge in [0.1, 0.15) is 0 Å². The van der Waals surface area contributed by atoms with E-state index in [0.29, 0.717) is 0 Å². The lowest BCUT2D eigenvalue weighted by molar-refractivity contribution is 0.719. The molecule has 0 fully saturated rings. The summed E-state index contributed by atoms with van der Waals surface area (Å²) in [6.07, 6.45) is 3.92. The fourth-order valence-electron chi connectivity index (χ4n) is 1.46. The van der Waals surface area contributed by atoms with E-state index in [1.807, 2.05) is 6.07 Å². The Kier molecular flexibility index (Phi) is 2.37. The smallest absolute Gasteiger partial charge is 0.267 e. The lowest BCUT2D eigenvalue weighted by Crippen LogP contribution is -2.17. The zero-order chi connectivity index (χ0) is 10.1. The second-order valence-electron chi connectivity index (χ2n) is 3.31. The van der Waals surface area contributed by atoms with Crippen LogP contribution in [0.1, 0.15) is 18.2 Å². The van der Waals surface area contributed by atoms with E-state index in [-0.39, 0.29) is 5.56 Å². The summed E-state index contributed by atoms with van der Waals surface area (Å²) in [5, 5.41) is 4.80. The molecular formula is C10H12N2OS. The van der Waals surface area contributed by atoms with Crippen LogP contribution in [-0.4, -0.2) is 9.78 Å². The summed E-state index contributed by atoms with van der Waals surface area (Å²) in [7, 11) is 1.68. The normalized spacial score (nSPS) is 11.0. The minimum atomic E-state index is 0.00102. The van der Waals surface area contributed by atoms with Gasteiger partial charge in [-0.05, 0) is 12.5 Å². The molecule has 0 atom stereocenters. The average Bonchev–Trinajstić information content (AvgIpc) is 2.56. The molecule has 0 N–H and O–H groups in total. The summed E-state index contributed by atoms with van der Waals surface area (Å²) >= 11 is 1.67. The van der Waals surface area contributed by atoms with Crippen molar-refractivity contribution in [3.05, 3.63) is 27.5 Å². The van der Waals surface area contributed by atoms with Crippen LogP contribution in [-0.2, 0) is 13.5 Å². The van der Waals surface area contributed by atoms with Gasteiger partial charge in [-0.25, -0.2) is 4.68 Å². The highest BCUT2D eigenvalue weighted by atomic mass is 32.1. The van der Waals surface area contributed by atoms with E-state index >= 15 is 0 Å². The van der Waals surface area contributed by atoms with Gasteiger partial charge >= 0.3 is 0 Å². The highest BCUT2D eigenvalue weighted by Crippen LogP contribution is 2.22. The van der Waals surface area contributed by atoms with E-state index in [4.69, 9.17) is 0 Å². The fourth-order valence-corrected chi connectivity index (χ4v) is 2.58. The standard InChI is InChI=1S/C10H12N2OS/c1-3-4-7-5-8-9(14-7)6-11-12(2)10(8)13/h5-6H,3-4H2,1-2H3. The van der Waals surface area contributed by atoms with E-state index in [0.717, 1.165) is 22.9 Å². The first kappa shape index (κ1) is 9.40. The maximum absolute atomic E-state index is 11.7. The van der Waals surface area contributed by atoms with Gasteiger partial charge < -0.3 is 0 Å². The Bertz CT molecular complexity index is 512. The van der Waals surface area contributed by atoms with Crippen molar-refractivity contribution in [3.8, 4) is 0 Å². The monoisotopic (exact) mass is 208 g/mol. The first-order valence-electron chi connectivity index (χ1n) is 4.67. The number of fused-ring (bicyclic) bond motifs is 1. The number of nitrogens with zero attached hydrogens (tertiary/aromatic N) is 2. The molecule has 0 amide bonds. The molecule has 2 aromatic heterocycles. The Morgan fingerprint density at radius 2 is 2.36 bits per heavy atom. The van der Waals surface area contributed by atoms with Gasteiger partial charge in [0.2, 0.25) is 0 Å². The minimum Gasteiger partial charge on any atom is -0.267 e. The maximum Gasteiger partial charge on any atom is 0.275 e. The van der Waals surface area contributed by atoms with Crippen LogP contribution in [0.2, 0.25) is 0 Å². The Morgan fingerprint density at radius 3 is 3.07 bits per heavy atom. The largest absolute Gasteiger partial charge is 0.275 e. The molecular weight excluding hydrogens is 196 g/mol. The second-order valence-corrected chi connectivity index (χ2v) is 4.48. The van der Waals surface area contributed by atoms with Crippen LogP contribution >= 0.6 is 11.3 Å². The quantitative estimate of drug-likeness (QED) is 0.756. The highest BCUT2D eigenvalue weighted by molar-refractivity contribution is 7.19. The molecule has 2 rings (SSSR count). The van der Waals surface area contributed by atoms with Gasteiger partial charge in [0, 0.05) is 11.9 Å². The molecule has 74 valence electrons. The van der Waals surface area contributed by atoms with Crippen LogP contribution in [0.4, 0.5) is 0 Å². The van der Waals surface area contributed by atoms with Crippen molar-refractivity contribution in [2.24, 2.45) is 7.05 Å². The fraction of sp³-hybridized carbons (Fsp3) is 0.400. The molecule has 0 aliphatic rings. The van der Waals surface area contributed by atoms with Crippen molar-refractivity contribution in [2.75, 3.05) is 0 Å². The topological polar surface area (TPSA) is 34.9 Å². The molecule has 0 radical (unpaired) electrons. The first-order chi connectivity index (χ1) is 6.72. The molecule has 0 unspecified atom stereocenters. The third-order valence-corrected chi connectivity index (χ3v) is 3.31. The zero-order valence-electron chi connectivity index (χ0n) is 8.28. The summed E-state index contributed by atoms with van der Waals surface area (Å²) in [5.41, 5.74) is 0.00102. The van der Waals surface area contributed by atoms with Gasteiger partial charge in [-0.3, -0.25) is 4.79 Å². The van der Waals surface area contributed by atoms with E-state index < -0.39 is 0 Å². The number of hydrogen-bond acceptors (Lipinski definition) is 3. The van der Waals surface area contributed by atoms with Gasteiger partial charge in [-0.1, -0.05) is 13.3 Å². The van der Waals surface area contributed by atoms with Crippen molar-refractivity contribution >= 4 is 21.4 Å². The van der Waals surface area contributed by atoms with Crippen molar-refractivity contribution in [1.29, 1.82) is 0 Å². The van der Waals surface area contributed by atoms with Gasteiger partial charge in [0.05, 0.1) is 16.3 Å². The maximum atomic E-state index is 11.7. The summed E-state index contributed by atoms with van der Waals surface area (Å²) in [6, 6.07) is 1.99. The molecule has 0 aliphatic carbocycles. The van der Waals surface area contributed by atoms with E-state index in [2.05, 4.69) is 12.0 Å². The third kappa shape index (κ3) is 1.46. The highest BCUT2D eigenvalue weighted by Gasteiger charge is 2.05. The van der Waals surface area contributed by atoms with E-state index in [1.165, 1.54) is 9.56 Å². The molecule has 0 spiro atoms. The number of aromatic nitrogens is 2. The molecule has 0 aliphatic heterocycles. The zero-order valence-corrected chi connectivity index (χ0v) is 9.10. The number of aryl methyl sites for hydroxylation is 2. The van der Waals surface area contributed by atoms with Gasteiger partial charge in [-0.15, -0.1) is 11.3 Å². The minimum absolute atomic E-state index is 0.00102. The summed E-state index contributed by atoms with van der Waals surface area (Å²) in [5.74, 6) is 0. The van der Waals surface area contributed by atoms with Crippen molar-refractivity contribution in [3.63, 3.8) is 0 Å². The van der Waals surface area contributed by atoms with Crippen LogP contribution in [0.15, 0.2) is 17.1 Å². The Morgan fingerprint density at radius 1 is 1.57 bits per heavy atom. The summed E-state index contributed by atoms with van der Waals surface area (Å²) in [6.45, 7) is 2.14. The SMILES string of the molecule is CCCc1cc2c(=O)n(C)ncc2s1. The number of rotatable bonds is 2. The van der Waals surface area contributed by atoms with Crippen LogP contribution in [0.25, 0.3) is 10.1 Å². The second kappa shape index (κ2) is 3.53. The molecule has 4 heteroatoms. The van der Waals surface area contributed by atoms with E-state index in [9.17, 15) is 4.79 Å². The number of hydrogen-bond donors (Lipinski definition) is 0. The molecule has 0 saturated heterocycles. The van der Waals surface area contributed by atoms with Gasteiger partial charge in [0.25, 0.3) is 5.56 Å². The molecule has 0 saturated carbocycles. The lowest BCUT2D eigenvalue weighted by Gasteiger charge is -1.92. The van der Waals surface area contributed by atoms with Crippen molar-refractivity contribution in [2.45, 2.75) is 19.8 Å². The summed E-state index contributed by atoms with van der Waals surface area (Å²) in [4.78, 5) is 12.9. The molecule has 0 bridgehead atoms. The Hall–Kier alpha value is -1.16. The number of thiophene rings is 1. The van der Waals surface area contributed by atoms with Crippen LogP contribution in [0.3, 0.4) is 0 Å². The molecule has 2 heterocycles. The van der Waals surface area contributed by atoms with Crippen molar-refractivity contribution in [1.82, 2.24) is 9.78 Å². The Balaban J connectivity index is 2.65. The Labute approximate surface area is 86.0 Å². The van der Waals surface area contributed by atoms with Crippen molar-refractivity contribution < 1.29 is 0 Å². The molecule has 0 aromatic carbocycles. The summed E-state index contributed by atoms with van der Waals surface area (Å²) < 4.78 is 2.38.